The maximum absolute atomic E-state index is 14.4. The van der Waals surface area contributed by atoms with Gasteiger partial charge in [0, 0.05) is 36.3 Å². The molecular weight excluding hydrogens is 580 g/mol. The molecular formula is C30H39BrN2O5S. The number of allylic oxidation sites excluding steroid dienone is 1. The van der Waals surface area contributed by atoms with Crippen molar-refractivity contribution in [1.82, 2.24) is 9.80 Å². The molecule has 0 aliphatic carbocycles. The summed E-state index contributed by atoms with van der Waals surface area (Å²) in [7, 11) is 0. The number of rotatable bonds is 15. The van der Waals surface area contributed by atoms with Crippen molar-refractivity contribution in [2.24, 2.45) is 11.8 Å². The molecule has 1 spiro atoms. The Kier molecular flexibility index (Phi) is 10.3. The summed E-state index contributed by atoms with van der Waals surface area (Å²) in [5, 5.41) is 9.13. The number of likely N-dealkylation sites (tertiary alicyclic amines) is 1. The van der Waals surface area contributed by atoms with Crippen LogP contribution in [0.4, 0.5) is 0 Å². The quantitative estimate of drug-likeness (QED) is 0.136. The van der Waals surface area contributed by atoms with E-state index in [-0.39, 0.29) is 41.1 Å². The summed E-state index contributed by atoms with van der Waals surface area (Å²) >= 11 is 5.43. The van der Waals surface area contributed by atoms with Crippen LogP contribution in [0.1, 0.15) is 44.1 Å². The molecule has 3 fully saturated rings. The molecule has 0 radical (unpaired) electrons. The first-order valence-corrected chi connectivity index (χ1v) is 15.6. The number of hydrogen-bond acceptors (Lipinski definition) is 6. The second-order valence-corrected chi connectivity index (χ2v) is 13.3. The number of hydrogen-bond donors (Lipinski definition) is 1. The number of benzene rings is 1. The van der Waals surface area contributed by atoms with Crippen molar-refractivity contribution < 1.29 is 24.2 Å². The molecule has 3 unspecified atom stereocenters. The van der Waals surface area contributed by atoms with Crippen molar-refractivity contribution in [2.75, 3.05) is 26.3 Å². The number of carbonyl (C=O) groups excluding carboxylic acids is 3. The van der Waals surface area contributed by atoms with E-state index in [0.29, 0.717) is 45.3 Å². The zero-order chi connectivity index (χ0) is 28.0. The van der Waals surface area contributed by atoms with Crippen LogP contribution in [0.3, 0.4) is 0 Å². The van der Waals surface area contributed by atoms with Crippen molar-refractivity contribution in [2.45, 2.75) is 65.9 Å². The predicted molar refractivity (Wildman–Crippen MR) is 157 cm³/mol. The normalized spacial score (nSPS) is 28.8. The average Bonchev–Trinajstić information content (AvgIpc) is 3.52. The number of amides is 2. The first-order chi connectivity index (χ1) is 18.9. The molecule has 39 heavy (non-hydrogen) atoms. The van der Waals surface area contributed by atoms with Crippen LogP contribution in [0, 0.1) is 11.8 Å². The highest BCUT2D eigenvalue weighted by atomic mass is 79.9. The van der Waals surface area contributed by atoms with E-state index in [1.165, 1.54) is 0 Å². The van der Waals surface area contributed by atoms with E-state index in [2.05, 4.69) is 29.1 Å². The fourth-order valence-electron chi connectivity index (χ4n) is 6.35. The summed E-state index contributed by atoms with van der Waals surface area (Å²) in [6.07, 6.45) is 7.67. The van der Waals surface area contributed by atoms with Crippen molar-refractivity contribution >= 4 is 45.5 Å². The summed E-state index contributed by atoms with van der Waals surface area (Å²) in [5.41, 5.74) is 1.00. The molecule has 0 aromatic heterocycles. The van der Waals surface area contributed by atoms with Crippen molar-refractivity contribution in [1.29, 1.82) is 0 Å². The number of aliphatic hydroxyl groups excluding tert-OH is 1. The number of ether oxygens (including phenoxy) is 1. The number of halogens is 1. The molecule has 4 rings (SSSR count). The number of unbranched alkanes of at least 4 members (excludes halogenated alkanes) is 3. The van der Waals surface area contributed by atoms with Gasteiger partial charge in [0.2, 0.25) is 11.8 Å². The third-order valence-electron chi connectivity index (χ3n) is 8.03. The summed E-state index contributed by atoms with van der Waals surface area (Å²) in [6.45, 7) is 9.16. The van der Waals surface area contributed by atoms with Crippen LogP contribution in [0.25, 0.3) is 0 Å². The fourth-order valence-corrected chi connectivity index (χ4v) is 9.95. The lowest BCUT2D eigenvalue weighted by atomic mass is 9.71. The number of aliphatic hydroxyl groups is 1. The monoisotopic (exact) mass is 618 g/mol. The van der Waals surface area contributed by atoms with E-state index < -0.39 is 22.6 Å². The molecule has 7 nitrogen and oxygen atoms in total. The lowest BCUT2D eigenvalue weighted by Crippen LogP contribution is -2.55. The Hall–Kier alpha value is -2.10. The van der Waals surface area contributed by atoms with Gasteiger partial charge >= 0.3 is 5.97 Å². The molecule has 2 amide bonds. The first-order valence-electron chi connectivity index (χ1n) is 13.8. The van der Waals surface area contributed by atoms with Gasteiger partial charge < -0.3 is 19.6 Å². The molecule has 1 aromatic carbocycles. The summed E-state index contributed by atoms with van der Waals surface area (Å²) in [6, 6.07) is 9.13. The molecule has 3 aliphatic rings. The van der Waals surface area contributed by atoms with E-state index in [1.807, 2.05) is 30.3 Å². The minimum absolute atomic E-state index is 0.00360. The third kappa shape index (κ3) is 6.00. The van der Waals surface area contributed by atoms with Gasteiger partial charge in [-0.05, 0) is 44.1 Å². The molecule has 0 saturated carbocycles. The molecule has 212 valence electrons. The van der Waals surface area contributed by atoms with Gasteiger partial charge in [-0.25, -0.2) is 0 Å². The van der Waals surface area contributed by atoms with Crippen molar-refractivity contribution in [3.05, 3.63) is 61.2 Å². The van der Waals surface area contributed by atoms with Crippen LogP contribution in [0.5, 0.6) is 0 Å². The fraction of sp³-hybridized carbons (Fsp3) is 0.567. The molecule has 3 aliphatic heterocycles. The lowest BCUT2D eigenvalue weighted by molar-refractivity contribution is -0.154. The Balaban J connectivity index is 1.65. The van der Waals surface area contributed by atoms with E-state index in [9.17, 15) is 19.5 Å². The number of fused-ring (bicyclic) bond motifs is 1. The molecule has 2 bridgehead atoms. The number of esters is 1. The van der Waals surface area contributed by atoms with E-state index >= 15 is 0 Å². The molecule has 3 saturated heterocycles. The zero-order valence-corrected chi connectivity index (χ0v) is 24.8. The Morgan fingerprint density at radius 1 is 1.18 bits per heavy atom. The van der Waals surface area contributed by atoms with Gasteiger partial charge in [-0.2, -0.15) is 0 Å². The van der Waals surface area contributed by atoms with Gasteiger partial charge in [-0.15, -0.1) is 24.9 Å². The largest absolute Gasteiger partial charge is 0.465 e. The maximum Gasteiger partial charge on any atom is 0.310 e. The molecule has 6 atom stereocenters. The van der Waals surface area contributed by atoms with Gasteiger partial charge in [-0.1, -0.05) is 58.4 Å². The van der Waals surface area contributed by atoms with Crippen LogP contribution >= 0.6 is 27.7 Å². The van der Waals surface area contributed by atoms with Crippen LogP contribution < -0.4 is 0 Å². The van der Waals surface area contributed by atoms with Gasteiger partial charge in [-0.3, -0.25) is 14.4 Å². The average molecular weight is 620 g/mol. The summed E-state index contributed by atoms with van der Waals surface area (Å²) in [4.78, 5) is 45.5. The van der Waals surface area contributed by atoms with Crippen molar-refractivity contribution in [3.63, 3.8) is 0 Å². The van der Waals surface area contributed by atoms with Crippen LogP contribution in [0.2, 0.25) is 0 Å². The smallest absolute Gasteiger partial charge is 0.310 e. The van der Waals surface area contributed by atoms with E-state index in [1.54, 1.807) is 33.7 Å². The van der Waals surface area contributed by atoms with Gasteiger partial charge in [0.1, 0.15) is 6.04 Å². The predicted octanol–water partition coefficient (Wildman–Crippen LogP) is 4.34. The topological polar surface area (TPSA) is 87.2 Å². The summed E-state index contributed by atoms with van der Waals surface area (Å²) in [5.74, 6) is -1.77. The van der Waals surface area contributed by atoms with Gasteiger partial charge in [0.05, 0.1) is 23.2 Å². The molecule has 1 N–H and O–H groups in total. The van der Waals surface area contributed by atoms with Gasteiger partial charge in [0.15, 0.2) is 0 Å². The Morgan fingerprint density at radius 3 is 2.64 bits per heavy atom. The Morgan fingerprint density at radius 2 is 1.95 bits per heavy atom. The van der Waals surface area contributed by atoms with Crippen LogP contribution in [-0.2, 0) is 25.7 Å². The van der Waals surface area contributed by atoms with E-state index in [0.717, 1.165) is 18.4 Å². The SMILES string of the molecule is C=CCCCOC(=O)[C@H]1[C@@H]2SC3(CC2Br)C(C(=O)N(CC=C)Cc2ccccc2)N(CCCCCO)C(=O)[C@H]13. The minimum atomic E-state index is -0.703. The second-order valence-electron chi connectivity index (χ2n) is 10.6. The van der Waals surface area contributed by atoms with Crippen LogP contribution in [0.15, 0.2) is 55.6 Å². The van der Waals surface area contributed by atoms with Crippen molar-refractivity contribution in [3.8, 4) is 0 Å². The summed E-state index contributed by atoms with van der Waals surface area (Å²) < 4.78 is 4.96. The minimum Gasteiger partial charge on any atom is -0.465 e. The van der Waals surface area contributed by atoms with Crippen LogP contribution in [-0.4, -0.2) is 79.9 Å². The Bertz CT molecular complexity index is 1060. The Labute approximate surface area is 244 Å². The number of carbonyl (C=O) groups is 3. The highest BCUT2D eigenvalue weighted by Crippen LogP contribution is 2.68. The highest BCUT2D eigenvalue weighted by Gasteiger charge is 2.76. The standard InChI is InChI=1S/C30H39BrN2O5S/c1-3-5-12-18-38-29(37)23-24-27(35)33(16-10-7-11-17-34)26(30(24)19-22(31)25(23)39-30)28(36)32(15-4-2)20-21-13-8-6-9-14-21/h3-4,6,8-9,13-14,22-26,34H,1-2,5,7,10-12,15-20H2/t22?,23-,24+,25-,26?,30?/m1/s1. The lowest BCUT2D eigenvalue weighted by Gasteiger charge is -2.38. The third-order valence-corrected chi connectivity index (χ3v) is 11.2. The zero-order valence-electron chi connectivity index (χ0n) is 22.4. The number of thioether (sulfide) groups is 1. The van der Waals surface area contributed by atoms with Gasteiger partial charge in [0.25, 0.3) is 0 Å². The molecule has 1 aromatic rings. The molecule has 9 heteroatoms. The maximum atomic E-state index is 14.4. The number of alkyl halides is 1. The first kappa shape index (κ1) is 29.9. The highest BCUT2D eigenvalue weighted by molar-refractivity contribution is 9.09. The molecule has 3 heterocycles. The number of nitrogens with zero attached hydrogens (tertiary/aromatic N) is 2. The van der Waals surface area contributed by atoms with E-state index in [4.69, 9.17) is 4.74 Å². The second kappa shape index (κ2) is 13.5.